The lowest BCUT2D eigenvalue weighted by Crippen LogP contribution is -2.43. The van der Waals surface area contributed by atoms with Gasteiger partial charge in [-0.05, 0) is 50.8 Å². The molecule has 0 saturated heterocycles. The number of aryl methyl sites for hydroxylation is 2. The van der Waals surface area contributed by atoms with Gasteiger partial charge in [-0.3, -0.25) is 4.79 Å². The van der Waals surface area contributed by atoms with E-state index in [1.807, 2.05) is 0 Å². The Hall–Kier alpha value is -1.77. The number of fused-ring (bicyclic) bond motifs is 3. The molecule has 2 heterocycles. The first-order chi connectivity index (χ1) is 10.2. The average Bonchev–Trinajstić information content (AvgIpc) is 2.83. The van der Waals surface area contributed by atoms with Crippen LogP contribution in [0, 0.1) is 13.8 Å². The van der Waals surface area contributed by atoms with Gasteiger partial charge >= 0.3 is 0 Å². The first kappa shape index (κ1) is 12.9. The monoisotopic (exact) mass is 281 g/mol. The highest BCUT2D eigenvalue weighted by molar-refractivity contribution is 5.87. The lowest BCUT2D eigenvalue weighted by atomic mass is 9.89. The van der Waals surface area contributed by atoms with E-state index in [4.69, 9.17) is 0 Å². The summed E-state index contributed by atoms with van der Waals surface area (Å²) in [7, 11) is 0. The van der Waals surface area contributed by atoms with Crippen molar-refractivity contribution in [2.24, 2.45) is 0 Å². The fraction of sp³-hybridized carbons (Fsp3) is 0.444. The summed E-state index contributed by atoms with van der Waals surface area (Å²) >= 11 is 0. The fourth-order valence-corrected chi connectivity index (χ4v) is 4.16. The van der Waals surface area contributed by atoms with Crippen LogP contribution in [0.3, 0.4) is 0 Å². The van der Waals surface area contributed by atoms with Crippen LogP contribution in [-0.4, -0.2) is 21.9 Å². The van der Waals surface area contributed by atoms with Crippen LogP contribution in [0.4, 0.5) is 0 Å². The van der Waals surface area contributed by atoms with Crippen molar-refractivity contribution in [3.05, 3.63) is 41.9 Å². The second-order valence-corrected chi connectivity index (χ2v) is 6.28. The summed E-state index contributed by atoms with van der Waals surface area (Å²) in [4.78, 5) is 14.3. The third-order valence-corrected chi connectivity index (χ3v) is 5.06. The van der Waals surface area contributed by atoms with E-state index in [0.29, 0.717) is 6.42 Å². The molecule has 109 valence electrons. The smallest absolute Gasteiger partial charge is 0.223 e. The average molecular weight is 281 g/mol. The minimum atomic E-state index is 0.195. The van der Waals surface area contributed by atoms with E-state index in [-0.39, 0.29) is 11.9 Å². The van der Waals surface area contributed by atoms with Crippen molar-refractivity contribution >= 4 is 16.8 Å². The molecular formula is C18H21N2O. The van der Waals surface area contributed by atoms with Gasteiger partial charge < -0.3 is 9.47 Å². The van der Waals surface area contributed by atoms with Crippen LogP contribution < -0.4 is 0 Å². The summed E-state index contributed by atoms with van der Waals surface area (Å²) < 4.78 is 2.46. The Morgan fingerprint density at radius 1 is 1.38 bits per heavy atom. The Labute approximate surface area is 125 Å². The van der Waals surface area contributed by atoms with Crippen LogP contribution in [-0.2, 0) is 17.8 Å². The molecule has 1 aliphatic carbocycles. The molecular weight excluding hydrogens is 260 g/mol. The van der Waals surface area contributed by atoms with E-state index in [2.05, 4.69) is 41.5 Å². The van der Waals surface area contributed by atoms with Gasteiger partial charge in [-0.15, -0.1) is 0 Å². The zero-order valence-electron chi connectivity index (χ0n) is 12.6. The highest BCUT2D eigenvalue weighted by Crippen LogP contribution is 2.42. The Bertz CT molecular complexity index is 728. The third-order valence-electron chi connectivity index (χ3n) is 5.06. The standard InChI is InChI=1S/C18H21N2O/c1-3-17(21)19-9-10-20-15-8-7-12(2)11-14(15)13-5-4-6-16(19)18(13)20/h7-8,11,16H,1,3-6,9-10H2,2H3/t16-/m0/s1. The molecule has 21 heavy (non-hydrogen) atoms. The summed E-state index contributed by atoms with van der Waals surface area (Å²) in [5.74, 6) is 0.195. The second-order valence-electron chi connectivity index (χ2n) is 6.28. The predicted octanol–water partition coefficient (Wildman–Crippen LogP) is 3.39. The molecule has 1 atom stereocenters. The van der Waals surface area contributed by atoms with Crippen molar-refractivity contribution in [2.75, 3.05) is 6.54 Å². The largest absolute Gasteiger partial charge is 0.341 e. The van der Waals surface area contributed by atoms with Gasteiger partial charge in [0.25, 0.3) is 0 Å². The first-order valence-corrected chi connectivity index (χ1v) is 7.91. The molecule has 1 aromatic heterocycles. The van der Waals surface area contributed by atoms with Crippen molar-refractivity contribution in [3.63, 3.8) is 0 Å². The second kappa shape index (κ2) is 4.62. The van der Waals surface area contributed by atoms with Gasteiger partial charge in [-0.1, -0.05) is 11.6 Å². The van der Waals surface area contributed by atoms with Gasteiger partial charge in [0.05, 0.1) is 6.04 Å². The molecule has 1 radical (unpaired) electrons. The number of carbonyl (C=O) groups excluding carboxylic acids is 1. The van der Waals surface area contributed by atoms with Gasteiger partial charge in [-0.2, -0.15) is 0 Å². The summed E-state index contributed by atoms with van der Waals surface area (Å²) in [6.45, 7) is 7.67. The van der Waals surface area contributed by atoms with E-state index in [9.17, 15) is 4.79 Å². The first-order valence-electron chi connectivity index (χ1n) is 7.91. The van der Waals surface area contributed by atoms with Gasteiger partial charge in [-0.25, -0.2) is 0 Å². The third kappa shape index (κ3) is 1.76. The number of rotatable bonds is 1. The van der Waals surface area contributed by atoms with Crippen LogP contribution in [0.25, 0.3) is 10.9 Å². The van der Waals surface area contributed by atoms with E-state index >= 15 is 0 Å². The summed E-state index contributed by atoms with van der Waals surface area (Å²) in [6, 6.07) is 7.02. The Balaban J connectivity index is 1.94. The van der Waals surface area contributed by atoms with Crippen molar-refractivity contribution in [2.45, 2.75) is 45.2 Å². The maximum Gasteiger partial charge on any atom is 0.223 e. The van der Waals surface area contributed by atoms with Crippen LogP contribution in [0.5, 0.6) is 0 Å². The normalized spacial score (nSPS) is 20.7. The van der Waals surface area contributed by atoms with Gasteiger partial charge in [0.15, 0.2) is 0 Å². The van der Waals surface area contributed by atoms with Crippen LogP contribution in [0.15, 0.2) is 18.2 Å². The number of aromatic nitrogens is 1. The lowest BCUT2D eigenvalue weighted by Gasteiger charge is -2.40. The Morgan fingerprint density at radius 3 is 3.05 bits per heavy atom. The van der Waals surface area contributed by atoms with E-state index in [1.54, 1.807) is 0 Å². The van der Waals surface area contributed by atoms with Crippen molar-refractivity contribution in [1.29, 1.82) is 0 Å². The van der Waals surface area contributed by atoms with Gasteiger partial charge in [0.2, 0.25) is 5.91 Å². The Morgan fingerprint density at radius 2 is 2.24 bits per heavy atom. The molecule has 1 aliphatic heterocycles. The molecule has 2 aromatic rings. The Kier molecular flexibility index (Phi) is 2.84. The quantitative estimate of drug-likeness (QED) is 0.786. The molecule has 3 nitrogen and oxygen atoms in total. The van der Waals surface area contributed by atoms with Crippen LogP contribution in [0.1, 0.15) is 42.1 Å². The molecule has 0 unspecified atom stereocenters. The van der Waals surface area contributed by atoms with E-state index in [1.165, 1.54) is 34.1 Å². The number of carbonyl (C=O) groups is 1. The maximum atomic E-state index is 12.2. The van der Waals surface area contributed by atoms with Crippen molar-refractivity contribution in [3.8, 4) is 0 Å². The molecule has 0 fully saturated rings. The fourth-order valence-electron chi connectivity index (χ4n) is 4.16. The number of benzene rings is 1. The molecule has 0 N–H and O–H groups in total. The van der Waals surface area contributed by atoms with E-state index < -0.39 is 0 Å². The molecule has 1 amide bonds. The molecule has 4 rings (SSSR count). The molecule has 2 aliphatic rings. The van der Waals surface area contributed by atoms with E-state index in [0.717, 1.165) is 25.9 Å². The van der Waals surface area contributed by atoms with Crippen molar-refractivity contribution in [1.82, 2.24) is 9.47 Å². The van der Waals surface area contributed by atoms with Gasteiger partial charge in [0, 0.05) is 36.1 Å². The zero-order valence-corrected chi connectivity index (χ0v) is 12.6. The summed E-state index contributed by atoms with van der Waals surface area (Å²) in [5, 5.41) is 1.40. The predicted molar refractivity (Wildman–Crippen MR) is 84.0 cm³/mol. The highest BCUT2D eigenvalue weighted by Gasteiger charge is 2.36. The maximum absolute atomic E-state index is 12.2. The van der Waals surface area contributed by atoms with Gasteiger partial charge in [0.1, 0.15) is 0 Å². The lowest BCUT2D eigenvalue weighted by molar-refractivity contribution is -0.134. The summed E-state index contributed by atoms with van der Waals surface area (Å²) in [6.07, 6.45) is 3.77. The SMILES string of the molecule is [CH2]CC(=O)N1CCn2c3c(c4cc(C)ccc42)CCC[C@@H]31. The molecule has 0 bridgehead atoms. The number of nitrogens with zero attached hydrogens (tertiary/aromatic N) is 2. The highest BCUT2D eigenvalue weighted by atomic mass is 16.2. The molecule has 3 heteroatoms. The number of amides is 1. The summed E-state index contributed by atoms with van der Waals surface area (Å²) in [5.41, 5.74) is 5.54. The minimum Gasteiger partial charge on any atom is -0.341 e. The topological polar surface area (TPSA) is 25.2 Å². The van der Waals surface area contributed by atoms with Crippen molar-refractivity contribution < 1.29 is 4.79 Å². The minimum absolute atomic E-state index is 0.195. The van der Waals surface area contributed by atoms with Crippen LogP contribution in [0.2, 0.25) is 0 Å². The number of hydrogen-bond acceptors (Lipinski definition) is 1. The number of hydrogen-bond donors (Lipinski definition) is 0. The molecule has 0 spiro atoms. The molecule has 0 saturated carbocycles. The van der Waals surface area contributed by atoms with Crippen LogP contribution >= 0.6 is 0 Å². The zero-order chi connectivity index (χ0) is 14.6. The molecule has 1 aromatic carbocycles.